The standard InChI is InChI=1S/C11H22ClO5P/c1-6-15-18(14,16-7-2)10(11(3,4)5)17-9(13)8-12/h10H,6-8H2,1-5H3/t10-/m0/s1. The second-order valence-electron chi connectivity index (χ2n) is 4.72. The first-order valence-corrected chi connectivity index (χ1v) is 8.00. The van der Waals surface area contributed by atoms with E-state index in [0.29, 0.717) is 0 Å². The van der Waals surface area contributed by atoms with E-state index in [1.165, 1.54) is 0 Å². The van der Waals surface area contributed by atoms with Gasteiger partial charge < -0.3 is 13.8 Å². The molecule has 0 aromatic rings. The van der Waals surface area contributed by atoms with Crippen LogP contribution in [0.1, 0.15) is 34.6 Å². The van der Waals surface area contributed by atoms with Crippen molar-refractivity contribution in [2.75, 3.05) is 19.1 Å². The summed E-state index contributed by atoms with van der Waals surface area (Å²) < 4.78 is 28.2. The van der Waals surface area contributed by atoms with Gasteiger partial charge in [-0.25, -0.2) is 0 Å². The fourth-order valence-electron chi connectivity index (χ4n) is 1.40. The number of carbonyl (C=O) groups is 1. The number of carbonyl (C=O) groups excluding carboxylic acids is 1. The van der Waals surface area contributed by atoms with Gasteiger partial charge in [0.05, 0.1) is 13.2 Å². The smallest absolute Gasteiger partial charge is 0.371 e. The maximum absolute atomic E-state index is 12.6. The van der Waals surface area contributed by atoms with Crippen LogP contribution in [0.2, 0.25) is 0 Å². The van der Waals surface area contributed by atoms with Gasteiger partial charge in [0.1, 0.15) is 5.88 Å². The number of alkyl halides is 1. The van der Waals surface area contributed by atoms with Crippen LogP contribution < -0.4 is 0 Å². The molecule has 0 aromatic heterocycles. The highest BCUT2D eigenvalue weighted by Gasteiger charge is 2.46. The minimum atomic E-state index is -3.52. The van der Waals surface area contributed by atoms with Gasteiger partial charge in [-0.3, -0.25) is 9.36 Å². The molecule has 0 aliphatic rings. The molecule has 5 nitrogen and oxygen atoms in total. The Morgan fingerprint density at radius 3 is 1.94 bits per heavy atom. The van der Waals surface area contributed by atoms with E-state index in [2.05, 4.69) is 0 Å². The summed E-state index contributed by atoms with van der Waals surface area (Å²) >= 11 is 5.40. The topological polar surface area (TPSA) is 61.8 Å². The van der Waals surface area contributed by atoms with Crippen LogP contribution in [-0.2, 0) is 23.1 Å². The Hall–Kier alpha value is -0.0900. The van der Waals surface area contributed by atoms with Crippen molar-refractivity contribution in [3.05, 3.63) is 0 Å². The number of halogens is 1. The summed E-state index contributed by atoms with van der Waals surface area (Å²) in [5.41, 5.74) is -0.582. The molecule has 108 valence electrons. The number of rotatable bonds is 7. The number of hydrogen-bond donors (Lipinski definition) is 0. The second kappa shape index (κ2) is 7.49. The second-order valence-corrected chi connectivity index (χ2v) is 7.05. The zero-order valence-electron chi connectivity index (χ0n) is 11.6. The minimum absolute atomic E-state index is 0.211. The first-order chi connectivity index (χ1) is 8.21. The summed E-state index contributed by atoms with van der Waals surface area (Å²) in [6.45, 7) is 9.21. The van der Waals surface area contributed by atoms with Gasteiger partial charge in [0.15, 0.2) is 0 Å². The molecule has 0 spiro atoms. The normalized spacial score (nSPS) is 14.3. The van der Waals surface area contributed by atoms with Gasteiger partial charge in [-0.05, 0) is 13.8 Å². The molecule has 0 aromatic carbocycles. The van der Waals surface area contributed by atoms with Crippen LogP contribution in [0.3, 0.4) is 0 Å². The molecular weight excluding hydrogens is 279 g/mol. The molecule has 0 aliphatic carbocycles. The van der Waals surface area contributed by atoms with Crippen molar-refractivity contribution in [2.24, 2.45) is 5.41 Å². The molecule has 7 heteroatoms. The molecule has 0 radical (unpaired) electrons. The number of esters is 1. The lowest BCUT2D eigenvalue weighted by Crippen LogP contribution is -2.33. The molecule has 0 N–H and O–H groups in total. The molecule has 0 amide bonds. The zero-order chi connectivity index (χ0) is 14.4. The summed E-state index contributed by atoms with van der Waals surface area (Å²) in [5, 5.41) is 0. The summed E-state index contributed by atoms with van der Waals surface area (Å²) in [6, 6.07) is 0. The van der Waals surface area contributed by atoms with Gasteiger partial charge in [-0.15, -0.1) is 11.6 Å². The Kier molecular flexibility index (Phi) is 7.45. The monoisotopic (exact) mass is 300 g/mol. The number of hydrogen-bond acceptors (Lipinski definition) is 5. The quantitative estimate of drug-likeness (QED) is 0.409. The third kappa shape index (κ3) is 5.27. The minimum Gasteiger partial charge on any atom is -0.448 e. The van der Waals surface area contributed by atoms with Gasteiger partial charge >= 0.3 is 13.6 Å². The average molecular weight is 301 g/mol. The van der Waals surface area contributed by atoms with Crippen molar-refractivity contribution in [1.29, 1.82) is 0 Å². The van der Waals surface area contributed by atoms with E-state index in [4.69, 9.17) is 25.4 Å². The third-order valence-electron chi connectivity index (χ3n) is 2.00. The highest BCUT2D eigenvalue weighted by molar-refractivity contribution is 7.54. The van der Waals surface area contributed by atoms with Gasteiger partial charge in [0.25, 0.3) is 0 Å². The molecule has 0 fully saturated rings. The average Bonchev–Trinajstić information content (AvgIpc) is 2.24. The fraction of sp³-hybridized carbons (Fsp3) is 0.909. The van der Waals surface area contributed by atoms with Crippen molar-refractivity contribution in [3.8, 4) is 0 Å². The first kappa shape index (κ1) is 17.9. The zero-order valence-corrected chi connectivity index (χ0v) is 13.2. The lowest BCUT2D eigenvalue weighted by atomic mass is 9.98. The van der Waals surface area contributed by atoms with Gasteiger partial charge in [0.2, 0.25) is 5.85 Å². The molecule has 0 saturated carbocycles. The molecule has 18 heavy (non-hydrogen) atoms. The van der Waals surface area contributed by atoms with E-state index in [1.807, 2.05) is 0 Å². The Labute approximate surface area is 114 Å². The van der Waals surface area contributed by atoms with E-state index in [1.54, 1.807) is 34.6 Å². The molecule has 0 bridgehead atoms. The maximum atomic E-state index is 12.6. The van der Waals surface area contributed by atoms with Crippen molar-refractivity contribution in [2.45, 2.75) is 40.5 Å². The molecule has 0 heterocycles. The molecule has 0 saturated heterocycles. The van der Waals surface area contributed by atoms with Crippen molar-refractivity contribution >= 4 is 25.2 Å². The summed E-state index contributed by atoms with van der Waals surface area (Å²) in [7, 11) is -3.52. The summed E-state index contributed by atoms with van der Waals surface area (Å²) in [5.74, 6) is -1.92. The van der Waals surface area contributed by atoms with Crippen LogP contribution >= 0.6 is 19.2 Å². The van der Waals surface area contributed by atoms with Crippen molar-refractivity contribution in [3.63, 3.8) is 0 Å². The third-order valence-corrected chi connectivity index (χ3v) is 4.91. The van der Waals surface area contributed by atoms with Crippen LogP contribution in [0, 0.1) is 5.41 Å². The Balaban J connectivity index is 5.24. The molecular formula is C11H22ClO5P. The summed E-state index contributed by atoms with van der Waals surface area (Å²) in [6.07, 6.45) is 0. The fourth-order valence-corrected chi connectivity index (χ4v) is 3.73. The Bertz CT molecular complexity index is 303. The Morgan fingerprint density at radius 1 is 1.22 bits per heavy atom. The van der Waals surface area contributed by atoms with E-state index in [0.717, 1.165) is 0 Å². The van der Waals surface area contributed by atoms with Crippen LogP contribution in [0.5, 0.6) is 0 Å². The van der Waals surface area contributed by atoms with Crippen LogP contribution in [-0.4, -0.2) is 30.9 Å². The first-order valence-electron chi connectivity index (χ1n) is 5.85. The molecule has 0 unspecified atom stereocenters. The molecule has 0 rings (SSSR count). The maximum Gasteiger partial charge on any atom is 0.371 e. The number of ether oxygens (including phenoxy) is 1. The van der Waals surface area contributed by atoms with Crippen molar-refractivity contribution < 1.29 is 23.1 Å². The highest BCUT2D eigenvalue weighted by Crippen LogP contribution is 2.58. The van der Waals surface area contributed by atoms with Gasteiger partial charge in [-0.1, -0.05) is 20.8 Å². The van der Waals surface area contributed by atoms with E-state index in [-0.39, 0.29) is 19.1 Å². The van der Waals surface area contributed by atoms with Crippen LogP contribution in [0.15, 0.2) is 0 Å². The van der Waals surface area contributed by atoms with Crippen molar-refractivity contribution in [1.82, 2.24) is 0 Å². The van der Waals surface area contributed by atoms with E-state index < -0.39 is 24.8 Å². The van der Waals surface area contributed by atoms with E-state index in [9.17, 15) is 9.36 Å². The van der Waals surface area contributed by atoms with Gasteiger partial charge in [0, 0.05) is 5.41 Å². The highest BCUT2D eigenvalue weighted by atomic mass is 35.5. The molecule has 1 atom stereocenters. The van der Waals surface area contributed by atoms with Gasteiger partial charge in [-0.2, -0.15) is 0 Å². The van der Waals surface area contributed by atoms with E-state index >= 15 is 0 Å². The lowest BCUT2D eigenvalue weighted by molar-refractivity contribution is -0.147. The predicted molar refractivity (Wildman–Crippen MR) is 70.9 cm³/mol. The van der Waals surface area contributed by atoms with Crippen LogP contribution in [0.25, 0.3) is 0 Å². The largest absolute Gasteiger partial charge is 0.448 e. The molecule has 0 aliphatic heterocycles. The Morgan fingerprint density at radius 2 is 1.67 bits per heavy atom. The lowest BCUT2D eigenvalue weighted by Gasteiger charge is -2.34. The summed E-state index contributed by atoms with van der Waals surface area (Å²) in [4.78, 5) is 11.3. The SMILES string of the molecule is CCOP(=O)(OCC)[C@H](OC(=O)CCl)C(C)(C)C. The van der Waals surface area contributed by atoms with Crippen LogP contribution in [0.4, 0.5) is 0 Å². The predicted octanol–water partition coefficient (Wildman–Crippen LogP) is 3.41.